The third kappa shape index (κ3) is 2.92. The number of aliphatic hydroxyl groups is 1. The summed E-state index contributed by atoms with van der Waals surface area (Å²) in [6.07, 6.45) is -0.544. The van der Waals surface area contributed by atoms with E-state index in [1.54, 1.807) is 6.92 Å². The van der Waals surface area contributed by atoms with Gasteiger partial charge in [0.2, 0.25) is 0 Å². The SMILES string of the molecule is Cc1cc(Br)ccc1Oc1ccccc1C(C)O. The molecule has 1 atom stereocenters. The van der Waals surface area contributed by atoms with Gasteiger partial charge in [0.05, 0.1) is 6.10 Å². The summed E-state index contributed by atoms with van der Waals surface area (Å²) in [6.45, 7) is 3.72. The number of para-hydroxylation sites is 1. The molecule has 0 aliphatic heterocycles. The van der Waals surface area contributed by atoms with Gasteiger partial charge in [-0.3, -0.25) is 0 Å². The van der Waals surface area contributed by atoms with Gasteiger partial charge < -0.3 is 9.84 Å². The van der Waals surface area contributed by atoms with Crippen molar-refractivity contribution in [2.45, 2.75) is 20.0 Å². The van der Waals surface area contributed by atoms with E-state index in [0.717, 1.165) is 21.3 Å². The number of hydrogen-bond acceptors (Lipinski definition) is 2. The Morgan fingerprint density at radius 3 is 2.50 bits per heavy atom. The average Bonchev–Trinajstić information content (AvgIpc) is 2.33. The largest absolute Gasteiger partial charge is 0.457 e. The smallest absolute Gasteiger partial charge is 0.133 e. The molecule has 2 nitrogen and oxygen atoms in total. The van der Waals surface area contributed by atoms with Gasteiger partial charge >= 0.3 is 0 Å². The van der Waals surface area contributed by atoms with Crippen LogP contribution >= 0.6 is 15.9 Å². The quantitative estimate of drug-likeness (QED) is 0.897. The van der Waals surface area contributed by atoms with E-state index in [1.807, 2.05) is 49.4 Å². The molecular formula is C15H15BrO2. The Bertz CT molecular complexity index is 550. The molecule has 2 rings (SSSR count). The van der Waals surface area contributed by atoms with Gasteiger partial charge in [-0.2, -0.15) is 0 Å². The topological polar surface area (TPSA) is 29.5 Å². The van der Waals surface area contributed by atoms with Crippen LogP contribution in [0.3, 0.4) is 0 Å². The highest BCUT2D eigenvalue weighted by Gasteiger charge is 2.10. The van der Waals surface area contributed by atoms with Crippen LogP contribution in [0.15, 0.2) is 46.9 Å². The minimum absolute atomic E-state index is 0.544. The summed E-state index contributed by atoms with van der Waals surface area (Å²) < 4.78 is 6.90. The zero-order valence-electron chi connectivity index (χ0n) is 10.4. The number of rotatable bonds is 3. The molecule has 0 bridgehead atoms. The van der Waals surface area contributed by atoms with E-state index in [4.69, 9.17) is 4.74 Å². The van der Waals surface area contributed by atoms with Crippen molar-refractivity contribution in [2.75, 3.05) is 0 Å². The van der Waals surface area contributed by atoms with E-state index in [2.05, 4.69) is 15.9 Å². The number of ether oxygens (including phenoxy) is 1. The molecule has 0 radical (unpaired) electrons. The predicted octanol–water partition coefficient (Wildman–Crippen LogP) is 4.60. The first-order valence-corrected chi connectivity index (χ1v) is 6.58. The molecule has 0 aliphatic rings. The van der Waals surface area contributed by atoms with Crippen LogP contribution in [0.25, 0.3) is 0 Å². The monoisotopic (exact) mass is 306 g/mol. The summed E-state index contributed by atoms with van der Waals surface area (Å²) >= 11 is 3.42. The Balaban J connectivity index is 2.34. The van der Waals surface area contributed by atoms with Gasteiger partial charge in [-0.05, 0) is 43.7 Å². The summed E-state index contributed by atoms with van der Waals surface area (Å²) in [5, 5.41) is 9.71. The average molecular weight is 307 g/mol. The van der Waals surface area contributed by atoms with Crippen LogP contribution in [0.5, 0.6) is 11.5 Å². The molecule has 0 fully saturated rings. The number of benzene rings is 2. The normalized spacial score (nSPS) is 12.2. The van der Waals surface area contributed by atoms with Crippen LogP contribution in [-0.2, 0) is 0 Å². The molecule has 3 heteroatoms. The molecule has 0 spiro atoms. The zero-order valence-corrected chi connectivity index (χ0v) is 11.9. The number of aliphatic hydroxyl groups excluding tert-OH is 1. The van der Waals surface area contributed by atoms with Crippen LogP contribution in [0.1, 0.15) is 24.2 Å². The first kappa shape index (κ1) is 13.1. The highest BCUT2D eigenvalue weighted by molar-refractivity contribution is 9.10. The van der Waals surface area contributed by atoms with E-state index >= 15 is 0 Å². The fourth-order valence-corrected chi connectivity index (χ4v) is 2.24. The lowest BCUT2D eigenvalue weighted by Gasteiger charge is -2.14. The Labute approximate surface area is 115 Å². The Kier molecular flexibility index (Phi) is 4.04. The van der Waals surface area contributed by atoms with Gasteiger partial charge in [-0.25, -0.2) is 0 Å². The van der Waals surface area contributed by atoms with Crippen LogP contribution in [0.4, 0.5) is 0 Å². The summed E-state index contributed by atoms with van der Waals surface area (Å²) in [7, 11) is 0. The summed E-state index contributed by atoms with van der Waals surface area (Å²) in [5.74, 6) is 1.49. The highest BCUT2D eigenvalue weighted by atomic mass is 79.9. The maximum absolute atomic E-state index is 9.71. The Morgan fingerprint density at radius 2 is 1.83 bits per heavy atom. The van der Waals surface area contributed by atoms with E-state index in [9.17, 15) is 5.11 Å². The molecule has 2 aromatic carbocycles. The third-order valence-electron chi connectivity index (χ3n) is 2.73. The molecule has 94 valence electrons. The lowest BCUT2D eigenvalue weighted by atomic mass is 10.1. The minimum atomic E-state index is -0.544. The molecule has 1 N–H and O–H groups in total. The van der Waals surface area contributed by atoms with Crippen molar-refractivity contribution in [1.82, 2.24) is 0 Å². The van der Waals surface area contributed by atoms with Crippen molar-refractivity contribution >= 4 is 15.9 Å². The Hall–Kier alpha value is -1.32. The Morgan fingerprint density at radius 1 is 1.11 bits per heavy atom. The second-order valence-electron chi connectivity index (χ2n) is 4.23. The molecule has 0 aromatic heterocycles. The maximum Gasteiger partial charge on any atom is 0.133 e. The van der Waals surface area contributed by atoms with Crippen molar-refractivity contribution in [2.24, 2.45) is 0 Å². The number of halogens is 1. The third-order valence-corrected chi connectivity index (χ3v) is 3.22. The molecule has 0 saturated carbocycles. The van der Waals surface area contributed by atoms with Crippen molar-refractivity contribution in [3.05, 3.63) is 58.1 Å². The van der Waals surface area contributed by atoms with Gasteiger partial charge in [0, 0.05) is 10.0 Å². The molecule has 1 unspecified atom stereocenters. The second-order valence-corrected chi connectivity index (χ2v) is 5.14. The minimum Gasteiger partial charge on any atom is -0.457 e. The highest BCUT2D eigenvalue weighted by Crippen LogP contribution is 2.32. The summed E-state index contributed by atoms with van der Waals surface area (Å²) in [5.41, 5.74) is 1.84. The number of aryl methyl sites for hydroxylation is 1. The maximum atomic E-state index is 9.71. The molecule has 0 aliphatic carbocycles. The first-order chi connectivity index (χ1) is 8.58. The summed E-state index contributed by atoms with van der Waals surface area (Å²) in [4.78, 5) is 0. The second kappa shape index (κ2) is 5.55. The molecular weight excluding hydrogens is 292 g/mol. The van der Waals surface area contributed by atoms with Crippen molar-refractivity contribution in [3.8, 4) is 11.5 Å². The lowest BCUT2D eigenvalue weighted by molar-refractivity contribution is 0.195. The summed E-state index contributed by atoms with van der Waals surface area (Å²) in [6, 6.07) is 13.4. The fraction of sp³-hybridized carbons (Fsp3) is 0.200. The van der Waals surface area contributed by atoms with E-state index in [1.165, 1.54) is 0 Å². The molecule has 0 saturated heterocycles. The number of hydrogen-bond donors (Lipinski definition) is 1. The molecule has 2 aromatic rings. The van der Waals surface area contributed by atoms with Gasteiger partial charge in [0.25, 0.3) is 0 Å². The van der Waals surface area contributed by atoms with Crippen LogP contribution in [0, 0.1) is 6.92 Å². The van der Waals surface area contributed by atoms with Gasteiger partial charge in [0.15, 0.2) is 0 Å². The van der Waals surface area contributed by atoms with E-state index in [-0.39, 0.29) is 0 Å². The van der Waals surface area contributed by atoms with Crippen molar-refractivity contribution < 1.29 is 9.84 Å². The van der Waals surface area contributed by atoms with E-state index in [0.29, 0.717) is 5.75 Å². The van der Waals surface area contributed by atoms with Gasteiger partial charge in [0.1, 0.15) is 11.5 Å². The molecule has 0 heterocycles. The van der Waals surface area contributed by atoms with E-state index < -0.39 is 6.10 Å². The zero-order chi connectivity index (χ0) is 13.1. The van der Waals surface area contributed by atoms with Crippen molar-refractivity contribution in [3.63, 3.8) is 0 Å². The standard InChI is InChI=1S/C15H15BrO2/c1-10-9-12(16)7-8-14(10)18-15-6-4-3-5-13(15)11(2)17/h3-9,11,17H,1-2H3. The van der Waals surface area contributed by atoms with Crippen LogP contribution in [-0.4, -0.2) is 5.11 Å². The molecule has 18 heavy (non-hydrogen) atoms. The van der Waals surface area contributed by atoms with Gasteiger partial charge in [-0.1, -0.05) is 34.1 Å². The van der Waals surface area contributed by atoms with Crippen LogP contribution < -0.4 is 4.74 Å². The predicted molar refractivity (Wildman–Crippen MR) is 76.0 cm³/mol. The van der Waals surface area contributed by atoms with Crippen LogP contribution in [0.2, 0.25) is 0 Å². The van der Waals surface area contributed by atoms with Crippen molar-refractivity contribution in [1.29, 1.82) is 0 Å². The first-order valence-electron chi connectivity index (χ1n) is 5.79. The lowest BCUT2D eigenvalue weighted by Crippen LogP contribution is -1.96. The van der Waals surface area contributed by atoms with Gasteiger partial charge in [-0.15, -0.1) is 0 Å². The molecule has 0 amide bonds. The fourth-order valence-electron chi connectivity index (χ4n) is 1.76.